The first-order valence-corrected chi connectivity index (χ1v) is 6.44. The number of benzene rings is 2. The molecule has 2 nitrogen and oxygen atoms in total. The van der Waals surface area contributed by atoms with Crippen molar-refractivity contribution in [2.45, 2.75) is 25.3 Å². The van der Waals surface area contributed by atoms with Crippen molar-refractivity contribution in [1.29, 1.82) is 0 Å². The number of para-hydroxylation sites is 1. The Balaban J connectivity index is 1.63. The lowest BCUT2D eigenvalue weighted by Crippen LogP contribution is -2.16. The lowest BCUT2D eigenvalue weighted by molar-refractivity contribution is 0.477. The molecule has 1 unspecified atom stereocenters. The fourth-order valence-corrected chi connectivity index (χ4v) is 2.60. The smallest absolute Gasteiger partial charge is 0.138 e. The van der Waals surface area contributed by atoms with Crippen LogP contribution >= 0.6 is 0 Å². The number of aryl methyl sites for hydroxylation is 1. The minimum Gasteiger partial charge on any atom is -0.506 e. The number of nitrogens with one attached hydrogen (secondary N) is 1. The van der Waals surface area contributed by atoms with Crippen LogP contribution in [0.1, 0.15) is 17.5 Å². The predicted octanol–water partition coefficient (Wildman–Crippen LogP) is 3.36. The monoisotopic (exact) mass is 239 g/mol. The number of phenols is 1. The quantitative estimate of drug-likeness (QED) is 0.805. The van der Waals surface area contributed by atoms with Crippen molar-refractivity contribution < 1.29 is 5.11 Å². The molecule has 1 heterocycles. The fraction of sp³-hybridized carbons (Fsp3) is 0.250. The highest BCUT2D eigenvalue weighted by Gasteiger charge is 2.22. The molecular formula is C16H17NO. The molecule has 2 N–H and O–H groups in total. The number of phenolic OH excluding ortho intramolecular Hbond substituents is 1. The first-order chi connectivity index (χ1) is 8.83. The summed E-state index contributed by atoms with van der Waals surface area (Å²) in [4.78, 5) is 0. The summed E-state index contributed by atoms with van der Waals surface area (Å²) in [5, 5.41) is 13.2. The molecule has 0 spiro atoms. The Bertz CT molecular complexity index is 536. The number of rotatable bonds is 3. The van der Waals surface area contributed by atoms with Crippen LogP contribution in [0.4, 0.5) is 5.69 Å². The Morgan fingerprint density at radius 1 is 1.06 bits per heavy atom. The highest BCUT2D eigenvalue weighted by molar-refractivity contribution is 5.65. The summed E-state index contributed by atoms with van der Waals surface area (Å²) in [5.41, 5.74) is 3.53. The van der Waals surface area contributed by atoms with E-state index in [1.54, 1.807) is 6.07 Å². The van der Waals surface area contributed by atoms with Gasteiger partial charge in [0.1, 0.15) is 5.75 Å². The van der Waals surface area contributed by atoms with E-state index in [4.69, 9.17) is 0 Å². The van der Waals surface area contributed by atoms with Crippen LogP contribution in [0.15, 0.2) is 48.5 Å². The third-order valence-corrected chi connectivity index (χ3v) is 3.57. The van der Waals surface area contributed by atoms with Crippen molar-refractivity contribution >= 4 is 5.69 Å². The van der Waals surface area contributed by atoms with Gasteiger partial charge in [0.15, 0.2) is 0 Å². The molecule has 0 amide bonds. The molecule has 0 fully saturated rings. The van der Waals surface area contributed by atoms with Crippen molar-refractivity contribution in [3.63, 3.8) is 0 Å². The maximum absolute atomic E-state index is 9.77. The normalized spacial score (nSPS) is 17.2. The lowest BCUT2D eigenvalue weighted by atomic mass is 10.0. The second-order valence-corrected chi connectivity index (χ2v) is 4.88. The van der Waals surface area contributed by atoms with Crippen molar-refractivity contribution in [1.82, 2.24) is 0 Å². The van der Waals surface area contributed by atoms with E-state index >= 15 is 0 Å². The van der Waals surface area contributed by atoms with E-state index in [0.717, 1.165) is 24.9 Å². The summed E-state index contributed by atoms with van der Waals surface area (Å²) in [7, 11) is 0. The van der Waals surface area contributed by atoms with Gasteiger partial charge in [0.2, 0.25) is 0 Å². The summed E-state index contributed by atoms with van der Waals surface area (Å²) in [6, 6.07) is 16.7. The van der Waals surface area contributed by atoms with Gasteiger partial charge in [-0.15, -0.1) is 0 Å². The lowest BCUT2D eigenvalue weighted by Gasteiger charge is -2.11. The summed E-state index contributed by atoms with van der Waals surface area (Å²) in [6.07, 6.45) is 3.18. The minimum atomic E-state index is 0.370. The molecule has 0 aliphatic carbocycles. The molecule has 3 rings (SSSR count). The van der Waals surface area contributed by atoms with Gasteiger partial charge in [-0.2, -0.15) is 0 Å². The van der Waals surface area contributed by atoms with Gasteiger partial charge in [0.05, 0.1) is 5.69 Å². The van der Waals surface area contributed by atoms with Crippen LogP contribution in [0, 0.1) is 0 Å². The van der Waals surface area contributed by atoms with Gasteiger partial charge in [-0.05, 0) is 36.5 Å². The Kier molecular flexibility index (Phi) is 2.93. The van der Waals surface area contributed by atoms with E-state index in [-0.39, 0.29) is 0 Å². The molecule has 2 heteroatoms. The molecule has 0 saturated heterocycles. The SMILES string of the molecule is Oc1cccc2c1NC(CCc1ccccc1)C2. The molecule has 2 aromatic rings. The standard InChI is InChI=1S/C16H17NO/c18-15-8-4-7-13-11-14(17-16(13)15)10-9-12-5-2-1-3-6-12/h1-8,14,17-18H,9-11H2. The second-order valence-electron chi connectivity index (χ2n) is 4.88. The third-order valence-electron chi connectivity index (χ3n) is 3.57. The van der Waals surface area contributed by atoms with Crippen LogP contribution in [-0.4, -0.2) is 11.1 Å². The topological polar surface area (TPSA) is 32.3 Å². The average molecular weight is 239 g/mol. The van der Waals surface area contributed by atoms with Crippen LogP contribution in [0.2, 0.25) is 0 Å². The molecule has 0 bridgehead atoms. The predicted molar refractivity (Wildman–Crippen MR) is 74.0 cm³/mol. The van der Waals surface area contributed by atoms with Crippen LogP contribution in [-0.2, 0) is 12.8 Å². The molecular weight excluding hydrogens is 222 g/mol. The van der Waals surface area contributed by atoms with Crippen molar-refractivity contribution in [3.8, 4) is 5.75 Å². The summed E-state index contributed by atoms with van der Waals surface area (Å²) < 4.78 is 0. The van der Waals surface area contributed by atoms with Gasteiger partial charge in [0.25, 0.3) is 0 Å². The van der Waals surface area contributed by atoms with Gasteiger partial charge >= 0.3 is 0 Å². The molecule has 1 atom stereocenters. The van der Waals surface area contributed by atoms with E-state index in [0.29, 0.717) is 11.8 Å². The van der Waals surface area contributed by atoms with E-state index in [2.05, 4.69) is 35.6 Å². The molecule has 18 heavy (non-hydrogen) atoms. The Morgan fingerprint density at radius 3 is 2.67 bits per heavy atom. The molecule has 0 saturated carbocycles. The second kappa shape index (κ2) is 4.73. The Hall–Kier alpha value is -1.96. The number of hydrogen-bond acceptors (Lipinski definition) is 2. The van der Waals surface area contributed by atoms with E-state index < -0.39 is 0 Å². The largest absolute Gasteiger partial charge is 0.506 e. The Morgan fingerprint density at radius 2 is 1.89 bits per heavy atom. The maximum atomic E-state index is 9.77. The molecule has 0 radical (unpaired) electrons. The van der Waals surface area contributed by atoms with Gasteiger partial charge in [0, 0.05) is 6.04 Å². The average Bonchev–Trinajstić information content (AvgIpc) is 2.82. The van der Waals surface area contributed by atoms with Crippen molar-refractivity contribution in [2.75, 3.05) is 5.32 Å². The number of hydrogen-bond donors (Lipinski definition) is 2. The van der Waals surface area contributed by atoms with E-state index in [9.17, 15) is 5.11 Å². The van der Waals surface area contributed by atoms with Crippen LogP contribution in [0.3, 0.4) is 0 Å². The molecule has 1 aliphatic rings. The van der Waals surface area contributed by atoms with Crippen molar-refractivity contribution in [3.05, 3.63) is 59.7 Å². The van der Waals surface area contributed by atoms with Crippen LogP contribution < -0.4 is 5.32 Å². The molecule has 2 aromatic carbocycles. The van der Waals surface area contributed by atoms with Crippen LogP contribution in [0.25, 0.3) is 0 Å². The summed E-state index contributed by atoms with van der Waals surface area (Å²) in [5.74, 6) is 0.370. The highest BCUT2D eigenvalue weighted by atomic mass is 16.3. The first kappa shape index (κ1) is 11.1. The van der Waals surface area contributed by atoms with Crippen molar-refractivity contribution in [2.24, 2.45) is 0 Å². The number of anilines is 1. The van der Waals surface area contributed by atoms with Gasteiger partial charge in [-0.1, -0.05) is 42.5 Å². The molecule has 0 aromatic heterocycles. The van der Waals surface area contributed by atoms with E-state index in [1.807, 2.05) is 12.1 Å². The third kappa shape index (κ3) is 2.19. The Labute approximate surface area is 107 Å². The zero-order valence-electron chi connectivity index (χ0n) is 10.3. The maximum Gasteiger partial charge on any atom is 0.138 e. The van der Waals surface area contributed by atoms with Gasteiger partial charge in [-0.3, -0.25) is 0 Å². The van der Waals surface area contributed by atoms with Gasteiger partial charge in [-0.25, -0.2) is 0 Å². The zero-order chi connectivity index (χ0) is 12.4. The summed E-state index contributed by atoms with van der Waals surface area (Å²) in [6.45, 7) is 0. The molecule has 1 aliphatic heterocycles. The minimum absolute atomic E-state index is 0.370. The number of aromatic hydroxyl groups is 1. The fourth-order valence-electron chi connectivity index (χ4n) is 2.60. The van der Waals surface area contributed by atoms with Crippen LogP contribution in [0.5, 0.6) is 5.75 Å². The molecule has 92 valence electrons. The highest BCUT2D eigenvalue weighted by Crippen LogP contribution is 2.34. The first-order valence-electron chi connectivity index (χ1n) is 6.44. The zero-order valence-corrected chi connectivity index (χ0v) is 10.3. The summed E-state index contributed by atoms with van der Waals surface area (Å²) >= 11 is 0. The van der Waals surface area contributed by atoms with Gasteiger partial charge < -0.3 is 10.4 Å². The van der Waals surface area contributed by atoms with E-state index in [1.165, 1.54) is 11.1 Å². The number of fused-ring (bicyclic) bond motifs is 1.